The molecule has 0 aromatic heterocycles. The Kier molecular flexibility index (Phi) is 7.05. The zero-order valence-corrected chi connectivity index (χ0v) is 12.7. The number of carboxylic acids is 1. The standard InChI is InChI=1S/C16H22FNO3/c1-4-18(12(2)11-21-3)10-14-7-13(5-6-16(19)20)8-15(17)9-14/h5-9,12H,4,10-11H2,1-3H3,(H,19,20). The average molecular weight is 295 g/mol. The predicted octanol–water partition coefficient (Wildman–Crippen LogP) is 2.78. The molecule has 1 rings (SSSR count). The van der Waals surface area contributed by atoms with Gasteiger partial charge in [0.25, 0.3) is 0 Å². The van der Waals surface area contributed by atoms with Crippen LogP contribution in [0.4, 0.5) is 4.39 Å². The molecule has 1 aromatic carbocycles. The van der Waals surface area contributed by atoms with Gasteiger partial charge >= 0.3 is 5.97 Å². The quantitative estimate of drug-likeness (QED) is 0.749. The molecule has 1 unspecified atom stereocenters. The summed E-state index contributed by atoms with van der Waals surface area (Å²) in [4.78, 5) is 12.7. The maximum atomic E-state index is 13.6. The van der Waals surface area contributed by atoms with Gasteiger partial charge in [-0.2, -0.15) is 0 Å². The molecule has 21 heavy (non-hydrogen) atoms. The lowest BCUT2D eigenvalue weighted by Gasteiger charge is -2.27. The van der Waals surface area contributed by atoms with Crippen molar-refractivity contribution in [2.75, 3.05) is 20.3 Å². The molecule has 4 nitrogen and oxygen atoms in total. The van der Waals surface area contributed by atoms with Gasteiger partial charge in [-0.3, -0.25) is 4.90 Å². The number of halogens is 1. The largest absolute Gasteiger partial charge is 0.478 e. The average Bonchev–Trinajstić information content (AvgIpc) is 2.42. The summed E-state index contributed by atoms with van der Waals surface area (Å²) in [7, 11) is 1.65. The number of ether oxygens (including phenoxy) is 1. The van der Waals surface area contributed by atoms with E-state index in [-0.39, 0.29) is 11.9 Å². The summed E-state index contributed by atoms with van der Waals surface area (Å²) >= 11 is 0. The number of hydrogen-bond acceptors (Lipinski definition) is 3. The summed E-state index contributed by atoms with van der Waals surface area (Å²) in [5.41, 5.74) is 1.35. The predicted molar refractivity (Wildman–Crippen MR) is 80.5 cm³/mol. The third kappa shape index (κ3) is 6.06. The molecule has 0 spiro atoms. The Morgan fingerprint density at radius 3 is 2.76 bits per heavy atom. The fourth-order valence-corrected chi connectivity index (χ4v) is 2.19. The van der Waals surface area contributed by atoms with Gasteiger partial charge in [0.15, 0.2) is 0 Å². The number of aliphatic carboxylic acids is 1. The minimum Gasteiger partial charge on any atom is -0.478 e. The molecule has 0 aliphatic heterocycles. The third-order valence-electron chi connectivity index (χ3n) is 3.22. The number of likely N-dealkylation sites (N-methyl/N-ethyl adjacent to an activating group) is 1. The second kappa shape index (κ2) is 8.54. The van der Waals surface area contributed by atoms with Crippen molar-refractivity contribution < 1.29 is 19.0 Å². The summed E-state index contributed by atoms with van der Waals surface area (Å²) < 4.78 is 18.8. The lowest BCUT2D eigenvalue weighted by molar-refractivity contribution is -0.131. The van der Waals surface area contributed by atoms with Crippen LogP contribution in [0.15, 0.2) is 24.3 Å². The normalized spacial score (nSPS) is 13.0. The Balaban J connectivity index is 2.89. The Labute approximate surface area is 124 Å². The van der Waals surface area contributed by atoms with Crippen molar-refractivity contribution in [3.63, 3.8) is 0 Å². The van der Waals surface area contributed by atoms with Crippen molar-refractivity contribution >= 4 is 12.0 Å². The molecular formula is C16H22FNO3. The number of rotatable bonds is 8. The Hall–Kier alpha value is -1.72. The maximum absolute atomic E-state index is 13.6. The zero-order chi connectivity index (χ0) is 15.8. The van der Waals surface area contributed by atoms with E-state index >= 15 is 0 Å². The molecule has 0 fully saturated rings. The molecule has 116 valence electrons. The molecule has 1 atom stereocenters. The van der Waals surface area contributed by atoms with Gasteiger partial charge in [0.05, 0.1) is 6.61 Å². The topological polar surface area (TPSA) is 49.8 Å². The van der Waals surface area contributed by atoms with Gasteiger partial charge in [0.1, 0.15) is 5.82 Å². The van der Waals surface area contributed by atoms with Crippen LogP contribution in [0.2, 0.25) is 0 Å². The Bertz CT molecular complexity index is 502. The van der Waals surface area contributed by atoms with Crippen LogP contribution < -0.4 is 0 Å². The van der Waals surface area contributed by atoms with Crippen molar-refractivity contribution in [3.8, 4) is 0 Å². The summed E-state index contributed by atoms with van der Waals surface area (Å²) in [6, 6.07) is 4.81. The van der Waals surface area contributed by atoms with Crippen LogP contribution in [0, 0.1) is 5.82 Å². The highest BCUT2D eigenvalue weighted by Crippen LogP contribution is 2.14. The van der Waals surface area contributed by atoms with E-state index in [1.54, 1.807) is 13.2 Å². The molecule has 0 aliphatic carbocycles. The van der Waals surface area contributed by atoms with Crippen molar-refractivity contribution in [2.24, 2.45) is 0 Å². The molecule has 0 bridgehead atoms. The van der Waals surface area contributed by atoms with Gasteiger partial charge in [-0.25, -0.2) is 9.18 Å². The molecular weight excluding hydrogens is 273 g/mol. The summed E-state index contributed by atoms with van der Waals surface area (Å²) in [6.07, 6.45) is 2.40. The molecule has 1 N–H and O–H groups in total. The Morgan fingerprint density at radius 1 is 1.48 bits per heavy atom. The number of carbonyl (C=O) groups is 1. The van der Waals surface area contributed by atoms with E-state index in [0.717, 1.165) is 18.2 Å². The second-order valence-corrected chi connectivity index (χ2v) is 4.93. The highest BCUT2D eigenvalue weighted by atomic mass is 19.1. The minimum atomic E-state index is -1.05. The first kappa shape index (κ1) is 17.3. The first-order chi connectivity index (χ1) is 9.96. The van der Waals surface area contributed by atoms with E-state index in [2.05, 4.69) is 11.8 Å². The molecule has 0 saturated heterocycles. The first-order valence-electron chi connectivity index (χ1n) is 6.89. The van der Waals surface area contributed by atoms with E-state index in [4.69, 9.17) is 9.84 Å². The van der Waals surface area contributed by atoms with Crippen molar-refractivity contribution in [1.82, 2.24) is 4.90 Å². The van der Waals surface area contributed by atoms with Crippen molar-refractivity contribution in [3.05, 3.63) is 41.2 Å². The van der Waals surface area contributed by atoms with Crippen molar-refractivity contribution in [1.29, 1.82) is 0 Å². The summed E-state index contributed by atoms with van der Waals surface area (Å²) in [5, 5.41) is 8.63. The summed E-state index contributed by atoms with van der Waals surface area (Å²) in [6.45, 7) is 6.11. The van der Waals surface area contributed by atoms with E-state index in [9.17, 15) is 9.18 Å². The van der Waals surface area contributed by atoms with Crippen LogP contribution in [0.25, 0.3) is 6.08 Å². The zero-order valence-electron chi connectivity index (χ0n) is 12.7. The second-order valence-electron chi connectivity index (χ2n) is 4.93. The third-order valence-corrected chi connectivity index (χ3v) is 3.22. The number of nitrogens with zero attached hydrogens (tertiary/aromatic N) is 1. The van der Waals surface area contributed by atoms with Crippen LogP contribution in [0.1, 0.15) is 25.0 Å². The molecule has 0 radical (unpaired) electrons. The number of hydrogen-bond donors (Lipinski definition) is 1. The van der Waals surface area contributed by atoms with E-state index in [0.29, 0.717) is 18.7 Å². The van der Waals surface area contributed by atoms with Crippen LogP contribution in [-0.2, 0) is 16.1 Å². The van der Waals surface area contributed by atoms with E-state index < -0.39 is 5.97 Å². The molecule has 0 saturated carbocycles. The molecule has 0 aliphatic rings. The highest BCUT2D eigenvalue weighted by molar-refractivity contribution is 5.85. The number of benzene rings is 1. The number of carboxylic acid groups (broad SMARTS) is 1. The van der Waals surface area contributed by atoms with Gasteiger partial charge in [-0.1, -0.05) is 13.0 Å². The van der Waals surface area contributed by atoms with E-state index in [1.807, 2.05) is 6.92 Å². The fourth-order valence-electron chi connectivity index (χ4n) is 2.19. The lowest BCUT2D eigenvalue weighted by Crippen LogP contribution is -2.35. The SMILES string of the molecule is CCN(Cc1cc(F)cc(C=CC(=O)O)c1)C(C)COC. The molecule has 0 amide bonds. The van der Waals surface area contributed by atoms with Gasteiger partial charge in [0, 0.05) is 25.8 Å². The summed E-state index contributed by atoms with van der Waals surface area (Å²) in [5.74, 6) is -1.42. The van der Waals surface area contributed by atoms with Crippen LogP contribution in [-0.4, -0.2) is 42.3 Å². The van der Waals surface area contributed by atoms with Crippen LogP contribution in [0.3, 0.4) is 0 Å². The van der Waals surface area contributed by atoms with Crippen LogP contribution >= 0.6 is 0 Å². The van der Waals surface area contributed by atoms with Gasteiger partial charge in [-0.05, 0) is 42.8 Å². The lowest BCUT2D eigenvalue weighted by atomic mass is 10.1. The fraction of sp³-hybridized carbons (Fsp3) is 0.438. The first-order valence-corrected chi connectivity index (χ1v) is 6.89. The van der Waals surface area contributed by atoms with Crippen LogP contribution in [0.5, 0.6) is 0 Å². The number of methoxy groups -OCH3 is 1. The monoisotopic (exact) mass is 295 g/mol. The maximum Gasteiger partial charge on any atom is 0.328 e. The van der Waals surface area contributed by atoms with E-state index in [1.165, 1.54) is 18.2 Å². The molecule has 5 heteroatoms. The van der Waals surface area contributed by atoms with Gasteiger partial charge in [0.2, 0.25) is 0 Å². The Morgan fingerprint density at radius 2 is 2.19 bits per heavy atom. The minimum absolute atomic E-state index is 0.223. The van der Waals surface area contributed by atoms with Crippen molar-refractivity contribution in [2.45, 2.75) is 26.4 Å². The smallest absolute Gasteiger partial charge is 0.328 e. The van der Waals surface area contributed by atoms with Gasteiger partial charge in [-0.15, -0.1) is 0 Å². The highest BCUT2D eigenvalue weighted by Gasteiger charge is 2.13. The molecule has 0 heterocycles. The molecule has 1 aromatic rings. The van der Waals surface area contributed by atoms with Gasteiger partial charge < -0.3 is 9.84 Å².